The van der Waals surface area contributed by atoms with Gasteiger partial charge in [-0.1, -0.05) is 71.1 Å². The van der Waals surface area contributed by atoms with Crippen LogP contribution in [-0.2, 0) is 52.2 Å². The van der Waals surface area contributed by atoms with Crippen LogP contribution in [0.5, 0.6) is 0 Å². The number of aliphatic hydroxyl groups excluding tert-OH is 13. The Bertz CT molecular complexity index is 1550. The van der Waals surface area contributed by atoms with E-state index in [1.165, 1.54) is 20.8 Å². The summed E-state index contributed by atoms with van der Waals surface area (Å²) in [4.78, 5) is 10.8. The molecule has 25 heteroatoms. The summed E-state index contributed by atoms with van der Waals surface area (Å²) in [6.45, 7) is 4.84. The molecule has 0 radical (unpaired) electrons. The van der Waals surface area contributed by atoms with Crippen LogP contribution < -0.4 is 0 Å². The molecule has 0 unspecified atom stereocenters. The summed E-state index contributed by atoms with van der Waals surface area (Å²) >= 11 is 0. The van der Waals surface area contributed by atoms with E-state index in [0.29, 0.717) is 19.3 Å². The van der Waals surface area contributed by atoms with Crippen molar-refractivity contribution in [3.05, 3.63) is 0 Å². The first kappa shape index (κ1) is 61.4. The van der Waals surface area contributed by atoms with Gasteiger partial charge >= 0.3 is 5.97 Å². The lowest BCUT2D eigenvalue weighted by Gasteiger charge is -2.50. The highest BCUT2D eigenvalue weighted by Crippen LogP contribution is 2.37. The minimum absolute atomic E-state index is 0.171. The molecule has 26 atom stereocenters. The number of carboxylic acids is 1. The van der Waals surface area contributed by atoms with E-state index in [-0.39, 0.29) is 6.42 Å². The molecular formula is C47H84O25. The van der Waals surface area contributed by atoms with E-state index in [0.717, 1.165) is 64.2 Å². The maximum atomic E-state index is 11.9. The van der Waals surface area contributed by atoms with E-state index < -0.39 is 179 Å². The van der Waals surface area contributed by atoms with Gasteiger partial charge in [-0.25, -0.2) is 0 Å². The molecule has 0 aliphatic carbocycles. The Labute approximate surface area is 419 Å². The van der Waals surface area contributed by atoms with Gasteiger partial charge < -0.3 is 119 Å². The SMILES string of the molecule is CCCCC[C@@H](CCCCCCCCCCC(=O)O)O[C@@H]1O[C@H](CO)[C@@H](O)[C@H](O)[C@H]1O[C@@H]1O[C@@H](C)[C@H](O[C@@H]2O[C@@H](C)[C@H](O[C@@H]3O[C@@H](C)[C@H](O)[C@@H](O)[C@H]3O)[C@@H](O[C@@H]3O[C@H](CO)[C@@H](O)[C@H](O)[C@H]3O)[C@H]2O)[C@@H](O)[C@H]1O. The lowest BCUT2D eigenvalue weighted by molar-refractivity contribution is -0.400. The molecule has 0 saturated carbocycles. The zero-order chi connectivity index (χ0) is 53.0. The molecule has 5 aliphatic rings. The molecule has 0 aromatic heterocycles. The summed E-state index contributed by atoms with van der Waals surface area (Å²) in [5.41, 5.74) is 0. The topological polar surface area (TPSA) is 393 Å². The van der Waals surface area contributed by atoms with Crippen LogP contribution in [0.25, 0.3) is 0 Å². The van der Waals surface area contributed by atoms with Crippen molar-refractivity contribution < 1.29 is 124 Å². The second-order valence-electron chi connectivity index (χ2n) is 19.9. The number of carboxylic acid groups (broad SMARTS) is 1. The first-order valence-corrected chi connectivity index (χ1v) is 25.7. The van der Waals surface area contributed by atoms with E-state index in [9.17, 15) is 71.2 Å². The molecular weight excluding hydrogens is 964 g/mol. The van der Waals surface area contributed by atoms with E-state index in [2.05, 4.69) is 6.92 Å². The van der Waals surface area contributed by atoms with Crippen molar-refractivity contribution in [3.63, 3.8) is 0 Å². The first-order chi connectivity index (χ1) is 34.2. The van der Waals surface area contributed by atoms with Crippen molar-refractivity contribution in [2.75, 3.05) is 13.2 Å². The van der Waals surface area contributed by atoms with Gasteiger partial charge in [0.05, 0.1) is 37.6 Å². The molecule has 5 heterocycles. The standard InChI is InChI=1S/C47H84O25/c1-5-6-13-16-24(17-14-11-9-7-8-10-12-15-18-27(50)51)66-47-42(33(57)30(54)26(20-49)68-47)72-44-37(61)34(58)39(22(3)64-44)69-46-38(62)41(71-45-36(60)32(56)29(53)25(19-48)67-45)40(23(4)65-46)70-43-35(59)31(55)28(52)21(2)63-43/h21-26,28-49,52-62H,5-20H2,1-4H3,(H,50,51)/t21-,22-,23-,24-,25+,26+,28-,29+,30+,31+,32-,33-,34-,35+,36+,37+,38+,39-,40-,41-,42+,43-,44-,45-,46-,47+/m0/s1. The summed E-state index contributed by atoms with van der Waals surface area (Å²) in [7, 11) is 0. The molecule has 0 aromatic carbocycles. The van der Waals surface area contributed by atoms with E-state index >= 15 is 0 Å². The van der Waals surface area contributed by atoms with Crippen molar-refractivity contribution in [2.45, 2.75) is 277 Å². The fraction of sp³-hybridized carbons (Fsp3) is 0.979. The molecule has 0 amide bonds. The number of hydrogen-bond acceptors (Lipinski definition) is 24. The molecule has 0 spiro atoms. The van der Waals surface area contributed by atoms with Gasteiger partial charge in [0.15, 0.2) is 31.5 Å². The number of aliphatic hydroxyl groups is 13. The maximum absolute atomic E-state index is 11.9. The van der Waals surface area contributed by atoms with Gasteiger partial charge in [0.25, 0.3) is 0 Å². The molecule has 5 aliphatic heterocycles. The van der Waals surface area contributed by atoms with Crippen molar-refractivity contribution in [3.8, 4) is 0 Å². The Morgan fingerprint density at radius 3 is 1.39 bits per heavy atom. The van der Waals surface area contributed by atoms with E-state index in [1.807, 2.05) is 0 Å². The Balaban J connectivity index is 1.27. The second kappa shape index (κ2) is 29.3. The summed E-state index contributed by atoms with van der Waals surface area (Å²) in [6, 6.07) is 0. The molecule has 5 rings (SSSR count). The van der Waals surface area contributed by atoms with Gasteiger partial charge in [-0.05, 0) is 40.0 Å². The van der Waals surface area contributed by atoms with Crippen LogP contribution in [0.2, 0.25) is 0 Å². The van der Waals surface area contributed by atoms with Crippen LogP contribution in [0.1, 0.15) is 118 Å². The Hall–Kier alpha value is -1.45. The van der Waals surface area contributed by atoms with Crippen LogP contribution in [0.15, 0.2) is 0 Å². The van der Waals surface area contributed by atoms with Gasteiger partial charge in [0.1, 0.15) is 104 Å². The Kier molecular flexibility index (Phi) is 25.0. The fourth-order valence-electron chi connectivity index (χ4n) is 9.79. The third kappa shape index (κ3) is 15.8. The summed E-state index contributed by atoms with van der Waals surface area (Å²) < 4.78 is 59.8. The fourth-order valence-corrected chi connectivity index (χ4v) is 9.79. The van der Waals surface area contributed by atoms with Crippen LogP contribution in [0.3, 0.4) is 0 Å². The number of aliphatic carboxylic acids is 1. The number of ether oxygens (including phenoxy) is 10. The largest absolute Gasteiger partial charge is 0.481 e. The van der Waals surface area contributed by atoms with Gasteiger partial charge in [0.2, 0.25) is 0 Å². The molecule has 0 aromatic rings. The highest BCUT2D eigenvalue weighted by molar-refractivity contribution is 5.66. The first-order valence-electron chi connectivity index (χ1n) is 25.7. The normalized spacial score (nSPS) is 44.4. The Morgan fingerprint density at radius 1 is 0.417 bits per heavy atom. The maximum Gasteiger partial charge on any atom is 0.303 e. The zero-order valence-electron chi connectivity index (χ0n) is 41.6. The van der Waals surface area contributed by atoms with Crippen LogP contribution in [0.4, 0.5) is 0 Å². The molecule has 25 nitrogen and oxygen atoms in total. The second-order valence-corrected chi connectivity index (χ2v) is 19.9. The summed E-state index contributed by atoms with van der Waals surface area (Å²) in [6.07, 6.45) is -29.7. The third-order valence-electron chi connectivity index (χ3n) is 14.3. The number of carbonyl (C=O) groups is 1. The van der Waals surface area contributed by atoms with Crippen molar-refractivity contribution in [1.82, 2.24) is 0 Å². The number of hydrogen-bond donors (Lipinski definition) is 14. The van der Waals surface area contributed by atoms with E-state index in [4.69, 9.17) is 52.5 Å². The smallest absolute Gasteiger partial charge is 0.303 e. The van der Waals surface area contributed by atoms with E-state index in [1.54, 1.807) is 0 Å². The quantitative estimate of drug-likeness (QED) is 0.0367. The number of rotatable bonds is 27. The molecule has 14 N–H and O–H groups in total. The predicted octanol–water partition coefficient (Wildman–Crippen LogP) is -2.88. The molecule has 5 saturated heterocycles. The zero-order valence-corrected chi connectivity index (χ0v) is 41.6. The molecule has 5 fully saturated rings. The Morgan fingerprint density at radius 2 is 0.819 bits per heavy atom. The summed E-state index contributed by atoms with van der Waals surface area (Å²) in [5, 5.41) is 149. The van der Waals surface area contributed by atoms with Crippen molar-refractivity contribution in [1.29, 1.82) is 0 Å². The third-order valence-corrected chi connectivity index (χ3v) is 14.3. The number of unbranched alkanes of at least 4 members (excludes halogenated alkanes) is 9. The van der Waals surface area contributed by atoms with Gasteiger partial charge in [-0.2, -0.15) is 0 Å². The minimum Gasteiger partial charge on any atom is -0.481 e. The predicted molar refractivity (Wildman–Crippen MR) is 243 cm³/mol. The van der Waals surface area contributed by atoms with Crippen LogP contribution in [0, 0.1) is 0 Å². The van der Waals surface area contributed by atoms with Crippen molar-refractivity contribution in [2.24, 2.45) is 0 Å². The lowest BCUT2D eigenvalue weighted by Crippen LogP contribution is -2.67. The molecule has 0 bridgehead atoms. The van der Waals surface area contributed by atoms with Gasteiger partial charge in [-0.15, -0.1) is 0 Å². The molecule has 422 valence electrons. The van der Waals surface area contributed by atoms with Crippen molar-refractivity contribution >= 4 is 5.97 Å². The lowest BCUT2D eigenvalue weighted by atomic mass is 9.95. The molecule has 72 heavy (non-hydrogen) atoms. The van der Waals surface area contributed by atoms with Gasteiger partial charge in [0, 0.05) is 6.42 Å². The minimum atomic E-state index is -1.97. The highest BCUT2D eigenvalue weighted by atomic mass is 16.8. The summed E-state index contributed by atoms with van der Waals surface area (Å²) in [5.74, 6) is -0.791. The highest BCUT2D eigenvalue weighted by Gasteiger charge is 2.56. The average molecular weight is 1050 g/mol. The van der Waals surface area contributed by atoms with Gasteiger partial charge in [-0.3, -0.25) is 4.79 Å². The van der Waals surface area contributed by atoms with Crippen LogP contribution in [-0.4, -0.2) is 250 Å². The average Bonchev–Trinajstić information content (AvgIpc) is 3.35. The monoisotopic (exact) mass is 1050 g/mol. The van der Waals surface area contributed by atoms with Crippen LogP contribution >= 0.6 is 0 Å².